The lowest BCUT2D eigenvalue weighted by atomic mass is 10.0. The highest BCUT2D eigenvalue weighted by atomic mass is 79.9. The number of H-pyrrole nitrogens is 1. The SMILES string of the molecule is COc1ccccc1-c1nc(=S)c2c([nH]1)Oc1ccc(Br)cc1C2. The number of rotatable bonds is 2. The molecule has 0 spiro atoms. The highest BCUT2D eigenvalue weighted by Crippen LogP contribution is 2.38. The third-order valence-electron chi connectivity index (χ3n) is 3.94. The maximum atomic E-state index is 6.03. The second kappa shape index (κ2) is 6.03. The molecule has 2 heterocycles. The fourth-order valence-electron chi connectivity index (χ4n) is 2.77. The van der Waals surface area contributed by atoms with Gasteiger partial charge in [-0.05, 0) is 30.3 Å². The summed E-state index contributed by atoms with van der Waals surface area (Å²) in [5.41, 5.74) is 2.83. The van der Waals surface area contributed by atoms with E-state index in [2.05, 4.69) is 25.9 Å². The third kappa shape index (κ3) is 2.61. The van der Waals surface area contributed by atoms with E-state index in [1.165, 1.54) is 0 Å². The van der Waals surface area contributed by atoms with Crippen LogP contribution >= 0.6 is 28.1 Å². The van der Waals surface area contributed by atoms with E-state index in [4.69, 9.17) is 21.7 Å². The molecule has 3 aromatic rings. The van der Waals surface area contributed by atoms with Gasteiger partial charge in [-0.15, -0.1) is 0 Å². The summed E-state index contributed by atoms with van der Waals surface area (Å²) in [7, 11) is 1.64. The highest BCUT2D eigenvalue weighted by molar-refractivity contribution is 9.10. The Morgan fingerprint density at radius 3 is 2.92 bits per heavy atom. The van der Waals surface area contributed by atoms with Gasteiger partial charge in [-0.3, -0.25) is 0 Å². The molecule has 24 heavy (non-hydrogen) atoms. The quantitative estimate of drug-likeness (QED) is 0.465. The van der Waals surface area contributed by atoms with Gasteiger partial charge in [-0.1, -0.05) is 40.3 Å². The molecule has 0 saturated heterocycles. The summed E-state index contributed by atoms with van der Waals surface area (Å²) >= 11 is 8.99. The second-order valence-electron chi connectivity index (χ2n) is 5.43. The lowest BCUT2D eigenvalue weighted by Crippen LogP contribution is -2.08. The molecule has 1 aliphatic heterocycles. The normalized spacial score (nSPS) is 12.1. The van der Waals surface area contributed by atoms with Crippen LogP contribution in [-0.2, 0) is 6.42 Å². The summed E-state index contributed by atoms with van der Waals surface area (Å²) in [6, 6.07) is 13.6. The van der Waals surface area contributed by atoms with Crippen molar-refractivity contribution in [3.63, 3.8) is 0 Å². The molecule has 1 N–H and O–H groups in total. The Balaban J connectivity index is 1.84. The lowest BCUT2D eigenvalue weighted by molar-refractivity contribution is 0.415. The maximum Gasteiger partial charge on any atom is 0.205 e. The van der Waals surface area contributed by atoms with Crippen molar-refractivity contribution in [1.82, 2.24) is 9.97 Å². The fourth-order valence-corrected chi connectivity index (χ4v) is 3.44. The predicted octanol–water partition coefficient (Wildman–Crippen LogP) is 5.27. The van der Waals surface area contributed by atoms with Crippen molar-refractivity contribution in [2.45, 2.75) is 6.42 Å². The third-order valence-corrected chi connectivity index (χ3v) is 4.77. The molecule has 0 fully saturated rings. The molecule has 0 atom stereocenters. The van der Waals surface area contributed by atoms with Crippen LogP contribution in [0.15, 0.2) is 46.9 Å². The Kier molecular flexibility index (Phi) is 3.86. The number of benzene rings is 2. The van der Waals surface area contributed by atoms with Gasteiger partial charge in [0.2, 0.25) is 5.88 Å². The Hall–Kier alpha value is -2.18. The zero-order valence-electron chi connectivity index (χ0n) is 12.8. The molecule has 0 aliphatic carbocycles. The minimum Gasteiger partial charge on any atom is -0.496 e. The van der Waals surface area contributed by atoms with Crippen molar-refractivity contribution < 1.29 is 9.47 Å². The summed E-state index contributed by atoms with van der Waals surface area (Å²) in [6.07, 6.45) is 0.693. The summed E-state index contributed by atoms with van der Waals surface area (Å²) in [6.45, 7) is 0. The number of halogens is 1. The van der Waals surface area contributed by atoms with E-state index >= 15 is 0 Å². The first-order chi connectivity index (χ1) is 11.7. The van der Waals surface area contributed by atoms with Gasteiger partial charge >= 0.3 is 0 Å². The van der Waals surface area contributed by atoms with Crippen LogP contribution in [0.2, 0.25) is 0 Å². The van der Waals surface area contributed by atoms with Gasteiger partial charge in [0.1, 0.15) is 22.0 Å². The van der Waals surface area contributed by atoms with E-state index in [1.54, 1.807) is 7.11 Å². The van der Waals surface area contributed by atoms with Crippen LogP contribution in [0.1, 0.15) is 11.1 Å². The smallest absolute Gasteiger partial charge is 0.205 e. The lowest BCUT2D eigenvalue weighted by Gasteiger charge is -2.21. The predicted molar refractivity (Wildman–Crippen MR) is 98.4 cm³/mol. The summed E-state index contributed by atoms with van der Waals surface area (Å²) in [4.78, 5) is 7.81. The van der Waals surface area contributed by atoms with Crippen LogP contribution in [0, 0.1) is 4.64 Å². The number of aromatic amines is 1. The molecule has 0 bridgehead atoms. The van der Waals surface area contributed by atoms with E-state index in [0.29, 0.717) is 22.8 Å². The number of hydrogen-bond donors (Lipinski definition) is 1. The van der Waals surface area contributed by atoms with Gasteiger partial charge in [0.15, 0.2) is 0 Å². The molecule has 6 heteroatoms. The minimum atomic E-state index is 0.537. The molecule has 0 saturated carbocycles. The Morgan fingerprint density at radius 1 is 1.25 bits per heavy atom. The van der Waals surface area contributed by atoms with Gasteiger partial charge < -0.3 is 14.5 Å². The molecule has 1 aromatic heterocycles. The van der Waals surface area contributed by atoms with Crippen molar-refractivity contribution in [2.75, 3.05) is 7.11 Å². The van der Waals surface area contributed by atoms with Crippen LogP contribution in [0.4, 0.5) is 0 Å². The average molecular weight is 401 g/mol. The maximum absolute atomic E-state index is 6.03. The second-order valence-corrected chi connectivity index (χ2v) is 6.73. The van der Waals surface area contributed by atoms with Gasteiger partial charge in [-0.25, -0.2) is 4.98 Å². The molecule has 4 rings (SSSR count). The Labute approximate surface area is 152 Å². The van der Waals surface area contributed by atoms with Crippen molar-refractivity contribution in [2.24, 2.45) is 0 Å². The number of ether oxygens (including phenoxy) is 2. The standard InChI is InChI=1S/C18H13BrN2O2S/c1-22-15-5-3-2-4-12(15)16-20-17-13(18(24)21-16)9-10-8-11(19)6-7-14(10)23-17/h2-8H,9H2,1H3,(H,20,21,24). The number of para-hydroxylation sites is 1. The number of hydrogen-bond acceptors (Lipinski definition) is 4. The topological polar surface area (TPSA) is 47.1 Å². The Morgan fingerprint density at radius 2 is 2.08 bits per heavy atom. The van der Waals surface area contributed by atoms with E-state index < -0.39 is 0 Å². The van der Waals surface area contributed by atoms with E-state index in [-0.39, 0.29) is 0 Å². The first-order valence-corrected chi connectivity index (χ1v) is 8.58. The number of methoxy groups -OCH3 is 1. The number of fused-ring (bicyclic) bond motifs is 2. The van der Waals surface area contributed by atoms with E-state index in [9.17, 15) is 0 Å². The van der Waals surface area contributed by atoms with Crippen molar-refractivity contribution >= 4 is 28.1 Å². The molecule has 0 amide bonds. The van der Waals surface area contributed by atoms with E-state index in [1.807, 2.05) is 42.5 Å². The molecular formula is C18H13BrN2O2S. The van der Waals surface area contributed by atoms with Gasteiger partial charge in [0, 0.05) is 16.5 Å². The molecular weight excluding hydrogens is 388 g/mol. The zero-order valence-corrected chi connectivity index (χ0v) is 15.2. The first kappa shape index (κ1) is 15.4. The number of nitrogens with one attached hydrogen (secondary N) is 1. The van der Waals surface area contributed by atoms with Crippen molar-refractivity contribution in [3.8, 4) is 28.8 Å². The number of aromatic nitrogens is 2. The van der Waals surface area contributed by atoms with Crippen molar-refractivity contribution in [3.05, 3.63) is 62.7 Å². The van der Waals surface area contributed by atoms with Gasteiger partial charge in [0.05, 0.1) is 18.2 Å². The van der Waals surface area contributed by atoms with Crippen molar-refractivity contribution in [1.29, 1.82) is 0 Å². The summed E-state index contributed by atoms with van der Waals surface area (Å²) < 4.78 is 13.0. The molecule has 0 unspecified atom stereocenters. The van der Waals surface area contributed by atoms with Gasteiger partial charge in [0.25, 0.3) is 0 Å². The molecule has 2 aromatic carbocycles. The average Bonchev–Trinajstić information content (AvgIpc) is 2.60. The Bertz CT molecular complexity index is 1000. The van der Waals surface area contributed by atoms with E-state index in [0.717, 1.165) is 32.7 Å². The van der Waals surface area contributed by atoms with Gasteiger partial charge in [-0.2, -0.15) is 0 Å². The molecule has 120 valence electrons. The summed E-state index contributed by atoms with van der Waals surface area (Å²) in [5.74, 6) is 2.84. The fraction of sp³-hybridized carbons (Fsp3) is 0.111. The molecule has 1 aliphatic rings. The molecule has 0 radical (unpaired) electrons. The first-order valence-electron chi connectivity index (χ1n) is 7.38. The van der Waals surface area contributed by atoms with Crippen LogP contribution < -0.4 is 9.47 Å². The monoisotopic (exact) mass is 400 g/mol. The largest absolute Gasteiger partial charge is 0.496 e. The molecule has 4 nitrogen and oxygen atoms in total. The summed E-state index contributed by atoms with van der Waals surface area (Å²) in [5, 5.41) is 0. The van der Waals surface area contributed by atoms with Crippen LogP contribution in [0.3, 0.4) is 0 Å². The van der Waals surface area contributed by atoms with Crippen LogP contribution in [-0.4, -0.2) is 17.1 Å². The number of nitrogens with zero attached hydrogens (tertiary/aromatic N) is 1. The van der Waals surface area contributed by atoms with Crippen LogP contribution in [0.5, 0.6) is 17.4 Å². The minimum absolute atomic E-state index is 0.537. The highest BCUT2D eigenvalue weighted by Gasteiger charge is 2.21. The zero-order chi connectivity index (χ0) is 16.7. The van der Waals surface area contributed by atoms with Crippen LogP contribution in [0.25, 0.3) is 11.4 Å².